The van der Waals surface area contributed by atoms with E-state index in [-0.39, 0.29) is 5.91 Å². The summed E-state index contributed by atoms with van der Waals surface area (Å²) >= 11 is 0. The van der Waals surface area contributed by atoms with Crippen LogP contribution in [0.15, 0.2) is 54.9 Å². The Morgan fingerprint density at radius 2 is 1.86 bits per heavy atom. The summed E-state index contributed by atoms with van der Waals surface area (Å²) in [5, 5.41) is 10.9. The van der Waals surface area contributed by atoms with Crippen molar-refractivity contribution in [2.45, 2.75) is 6.04 Å². The molecule has 2 N–H and O–H groups in total. The number of fused-ring (bicyclic) bond motifs is 1. The lowest BCUT2D eigenvalue weighted by Crippen LogP contribution is -2.31. The third-order valence-corrected chi connectivity index (χ3v) is 4.78. The Hall–Kier alpha value is -3.81. The van der Waals surface area contributed by atoms with E-state index in [1.807, 2.05) is 54.2 Å². The van der Waals surface area contributed by atoms with Gasteiger partial charge in [-0.2, -0.15) is 5.10 Å². The van der Waals surface area contributed by atoms with E-state index in [4.69, 9.17) is 9.47 Å². The first-order chi connectivity index (χ1) is 14.1. The van der Waals surface area contributed by atoms with Crippen molar-refractivity contribution < 1.29 is 14.3 Å². The van der Waals surface area contributed by atoms with Crippen LogP contribution in [0, 0.1) is 0 Å². The Kier molecular flexibility index (Phi) is 4.90. The van der Waals surface area contributed by atoms with Crippen LogP contribution in [-0.2, 0) is 7.05 Å². The molecule has 0 bridgehead atoms. The van der Waals surface area contributed by atoms with Crippen molar-refractivity contribution in [2.24, 2.45) is 7.05 Å². The van der Waals surface area contributed by atoms with E-state index in [0.717, 1.165) is 16.5 Å². The molecule has 1 atom stereocenters. The third-order valence-electron chi connectivity index (χ3n) is 4.78. The van der Waals surface area contributed by atoms with E-state index in [1.165, 1.54) is 0 Å². The van der Waals surface area contributed by atoms with E-state index in [2.05, 4.69) is 20.5 Å². The van der Waals surface area contributed by atoms with Gasteiger partial charge >= 0.3 is 0 Å². The Morgan fingerprint density at radius 1 is 1.14 bits per heavy atom. The average Bonchev–Trinajstić information content (AvgIpc) is 3.37. The molecule has 4 aromatic rings. The number of ether oxygens (including phenoxy) is 2. The number of amides is 1. The van der Waals surface area contributed by atoms with Crippen molar-refractivity contribution in [1.82, 2.24) is 25.1 Å². The zero-order valence-electron chi connectivity index (χ0n) is 16.3. The van der Waals surface area contributed by atoms with Crippen LogP contribution < -0.4 is 14.8 Å². The van der Waals surface area contributed by atoms with E-state index in [1.54, 1.807) is 26.5 Å². The number of para-hydroxylation sites is 1. The maximum absolute atomic E-state index is 13.1. The molecule has 0 aliphatic carbocycles. The molecule has 4 rings (SSSR count). The highest BCUT2D eigenvalue weighted by atomic mass is 16.5. The van der Waals surface area contributed by atoms with Gasteiger partial charge in [0.1, 0.15) is 23.4 Å². The summed E-state index contributed by atoms with van der Waals surface area (Å²) in [4.78, 5) is 17.6. The quantitative estimate of drug-likeness (QED) is 0.527. The van der Waals surface area contributed by atoms with Crippen LogP contribution in [0.3, 0.4) is 0 Å². The van der Waals surface area contributed by atoms with Crippen LogP contribution >= 0.6 is 0 Å². The van der Waals surface area contributed by atoms with Crippen molar-refractivity contribution in [3.05, 3.63) is 71.9 Å². The molecule has 0 saturated carbocycles. The van der Waals surface area contributed by atoms with E-state index in [0.29, 0.717) is 23.0 Å². The van der Waals surface area contributed by atoms with Crippen LogP contribution in [0.25, 0.3) is 10.9 Å². The maximum Gasteiger partial charge on any atom is 0.273 e. The molecule has 2 heterocycles. The molecule has 2 aromatic heterocycles. The topological polar surface area (TPSA) is 94.1 Å². The van der Waals surface area contributed by atoms with Crippen LogP contribution in [0.5, 0.6) is 11.5 Å². The standard InChI is InChI=1S/C21H21N5O3/c1-26-9-8-22-20(26)18(13-10-14(28-2)12-15(11-13)29-3)23-21(27)19-16-6-4-5-7-17(16)24-25-19/h4-12,18H,1-3H3,(H,23,27)(H,24,25)/t18-/m1/s1. The van der Waals surface area contributed by atoms with Gasteiger partial charge in [0.2, 0.25) is 0 Å². The number of nitrogens with one attached hydrogen (secondary N) is 2. The van der Waals surface area contributed by atoms with Gasteiger partial charge in [0.15, 0.2) is 5.69 Å². The van der Waals surface area contributed by atoms with Crippen molar-refractivity contribution >= 4 is 16.8 Å². The predicted molar refractivity (Wildman–Crippen MR) is 108 cm³/mol. The number of methoxy groups -OCH3 is 2. The minimum Gasteiger partial charge on any atom is -0.497 e. The summed E-state index contributed by atoms with van der Waals surface area (Å²) in [5.74, 6) is 1.61. The van der Waals surface area contributed by atoms with Crippen LogP contribution in [0.4, 0.5) is 0 Å². The number of hydrogen-bond donors (Lipinski definition) is 2. The molecular weight excluding hydrogens is 370 g/mol. The van der Waals surface area contributed by atoms with Gasteiger partial charge in [0.25, 0.3) is 5.91 Å². The zero-order valence-corrected chi connectivity index (χ0v) is 16.3. The highest BCUT2D eigenvalue weighted by Gasteiger charge is 2.25. The van der Waals surface area contributed by atoms with Gasteiger partial charge in [-0.15, -0.1) is 0 Å². The summed E-state index contributed by atoms with van der Waals surface area (Å²) in [6.07, 6.45) is 3.52. The highest BCUT2D eigenvalue weighted by Crippen LogP contribution is 2.30. The molecule has 0 aliphatic heterocycles. The average molecular weight is 391 g/mol. The minimum absolute atomic E-state index is 0.308. The molecule has 0 unspecified atom stereocenters. The molecule has 0 fully saturated rings. The lowest BCUT2D eigenvalue weighted by Gasteiger charge is -2.20. The van der Waals surface area contributed by atoms with Crippen LogP contribution in [0.2, 0.25) is 0 Å². The number of carbonyl (C=O) groups excluding carboxylic acids is 1. The molecule has 0 saturated heterocycles. The predicted octanol–water partition coefficient (Wildman–Crippen LogP) is 2.83. The van der Waals surface area contributed by atoms with Crippen molar-refractivity contribution in [1.29, 1.82) is 0 Å². The summed E-state index contributed by atoms with van der Waals surface area (Å²) in [6.45, 7) is 0. The van der Waals surface area contributed by atoms with Crippen molar-refractivity contribution in [2.75, 3.05) is 14.2 Å². The van der Waals surface area contributed by atoms with E-state index < -0.39 is 6.04 Å². The molecule has 1 amide bonds. The van der Waals surface area contributed by atoms with Gasteiger partial charge in [0, 0.05) is 30.9 Å². The zero-order chi connectivity index (χ0) is 20.4. The molecular formula is C21H21N5O3. The van der Waals surface area contributed by atoms with Gasteiger partial charge in [-0.05, 0) is 23.8 Å². The molecule has 8 nitrogen and oxygen atoms in total. The number of aromatic amines is 1. The Bertz CT molecular complexity index is 1140. The summed E-state index contributed by atoms with van der Waals surface area (Å²) in [6, 6.07) is 12.5. The first kappa shape index (κ1) is 18.5. The minimum atomic E-state index is -0.526. The normalized spacial score (nSPS) is 12.0. The van der Waals surface area contributed by atoms with Crippen LogP contribution in [0.1, 0.15) is 27.9 Å². The number of aryl methyl sites for hydroxylation is 1. The number of carbonyl (C=O) groups is 1. The molecule has 148 valence electrons. The number of aromatic nitrogens is 4. The van der Waals surface area contributed by atoms with Gasteiger partial charge < -0.3 is 19.4 Å². The van der Waals surface area contributed by atoms with E-state index in [9.17, 15) is 4.79 Å². The third kappa shape index (κ3) is 3.52. The Labute approximate surface area is 167 Å². The van der Waals surface area contributed by atoms with Crippen molar-refractivity contribution in [3.8, 4) is 11.5 Å². The molecule has 0 aliphatic rings. The number of imidazole rings is 1. The Morgan fingerprint density at radius 3 is 2.52 bits per heavy atom. The number of nitrogens with zero attached hydrogens (tertiary/aromatic N) is 3. The number of rotatable bonds is 6. The number of H-pyrrole nitrogens is 1. The second-order valence-electron chi connectivity index (χ2n) is 6.57. The molecule has 0 spiro atoms. The molecule has 0 radical (unpaired) electrons. The SMILES string of the molecule is COc1cc(OC)cc([C@@H](NC(=O)c2n[nH]c3ccccc23)c2nccn2C)c1. The van der Waals surface area contributed by atoms with Crippen LogP contribution in [-0.4, -0.2) is 39.9 Å². The summed E-state index contributed by atoms with van der Waals surface area (Å²) in [7, 11) is 5.05. The van der Waals surface area contributed by atoms with E-state index >= 15 is 0 Å². The first-order valence-electron chi connectivity index (χ1n) is 9.05. The fourth-order valence-electron chi connectivity index (χ4n) is 3.28. The van der Waals surface area contributed by atoms with Gasteiger partial charge in [0.05, 0.1) is 19.7 Å². The summed E-state index contributed by atoms with van der Waals surface area (Å²) < 4.78 is 12.6. The maximum atomic E-state index is 13.1. The number of benzene rings is 2. The summed E-state index contributed by atoms with van der Waals surface area (Å²) in [5.41, 5.74) is 1.91. The van der Waals surface area contributed by atoms with Gasteiger partial charge in [-0.1, -0.05) is 18.2 Å². The largest absolute Gasteiger partial charge is 0.497 e. The lowest BCUT2D eigenvalue weighted by molar-refractivity contribution is 0.0937. The Balaban J connectivity index is 1.76. The molecule has 8 heteroatoms. The number of hydrogen-bond acceptors (Lipinski definition) is 5. The lowest BCUT2D eigenvalue weighted by atomic mass is 10.0. The second kappa shape index (κ2) is 7.67. The monoisotopic (exact) mass is 391 g/mol. The van der Waals surface area contributed by atoms with Crippen molar-refractivity contribution in [3.63, 3.8) is 0 Å². The highest BCUT2D eigenvalue weighted by molar-refractivity contribution is 6.04. The second-order valence-corrected chi connectivity index (χ2v) is 6.57. The molecule has 2 aromatic carbocycles. The smallest absolute Gasteiger partial charge is 0.273 e. The van der Waals surface area contributed by atoms with Gasteiger partial charge in [-0.25, -0.2) is 4.98 Å². The fourth-order valence-corrected chi connectivity index (χ4v) is 3.28. The molecule has 29 heavy (non-hydrogen) atoms. The first-order valence-corrected chi connectivity index (χ1v) is 9.05. The fraction of sp³-hybridized carbons (Fsp3) is 0.190. The van der Waals surface area contributed by atoms with Gasteiger partial charge in [-0.3, -0.25) is 9.89 Å².